The summed E-state index contributed by atoms with van der Waals surface area (Å²) < 4.78 is 0. The van der Waals surface area contributed by atoms with E-state index >= 15 is 0 Å². The first kappa shape index (κ1) is 41.8. The third kappa shape index (κ3) is 6.25. The monoisotopic (exact) mass is 888 g/mol. The predicted octanol–water partition coefficient (Wildman–Crippen LogP) is 16.4. The Hall–Kier alpha value is -7.36. The van der Waals surface area contributed by atoms with Gasteiger partial charge in [0.05, 0.1) is 5.69 Å². The topological polar surface area (TPSA) is 6.48 Å². The largest absolute Gasteiger partial charge is 0.376 e. The zero-order valence-corrected chi connectivity index (χ0v) is 40.9. The molecule has 3 heteroatoms. The Bertz CT molecular complexity index is 3550. The van der Waals surface area contributed by atoms with E-state index in [0.29, 0.717) is 0 Å². The van der Waals surface area contributed by atoms with Crippen LogP contribution in [0.4, 0.5) is 28.4 Å². The second-order valence-electron chi connectivity index (χ2n) is 22.0. The fourth-order valence-corrected chi connectivity index (χ4v) is 12.8. The van der Waals surface area contributed by atoms with Gasteiger partial charge in [-0.25, -0.2) is 0 Å². The van der Waals surface area contributed by atoms with Gasteiger partial charge < -0.3 is 9.71 Å². The molecule has 0 saturated heterocycles. The van der Waals surface area contributed by atoms with Gasteiger partial charge in [-0.1, -0.05) is 199 Å². The van der Waals surface area contributed by atoms with Crippen LogP contribution in [-0.2, 0) is 16.2 Å². The molecule has 2 heterocycles. The Morgan fingerprint density at radius 3 is 1.64 bits per heavy atom. The van der Waals surface area contributed by atoms with Gasteiger partial charge in [-0.3, -0.25) is 0 Å². The lowest BCUT2D eigenvalue weighted by molar-refractivity contribution is 0.332. The average molecular weight is 889 g/mol. The lowest BCUT2D eigenvalue weighted by Gasteiger charge is -2.48. The molecule has 0 bridgehead atoms. The van der Waals surface area contributed by atoms with E-state index in [1.165, 1.54) is 129 Å². The van der Waals surface area contributed by atoms with E-state index in [4.69, 9.17) is 0 Å². The molecule has 2 nitrogen and oxygen atoms in total. The smallest absolute Gasteiger partial charge is 0.333 e. The first-order chi connectivity index (χ1) is 33.4. The van der Waals surface area contributed by atoms with Crippen LogP contribution >= 0.6 is 0 Å². The molecule has 4 aliphatic rings. The van der Waals surface area contributed by atoms with Crippen LogP contribution < -0.4 is 20.6 Å². The summed E-state index contributed by atoms with van der Waals surface area (Å²) in [5.41, 5.74) is 28.4. The number of aryl methyl sites for hydroxylation is 1. The quantitative estimate of drug-likeness (QED) is 0.159. The number of hydrogen-bond acceptors (Lipinski definition) is 2. The summed E-state index contributed by atoms with van der Waals surface area (Å²) in [7, 11) is 0. The molecular formula is C66H57BN2. The number of nitrogens with zero attached hydrogens (tertiary/aromatic N) is 2. The molecule has 0 saturated carbocycles. The molecule has 9 aromatic rings. The average Bonchev–Trinajstić information content (AvgIpc) is 3.61. The van der Waals surface area contributed by atoms with Crippen molar-refractivity contribution in [1.29, 1.82) is 0 Å². The fraction of sp³-hybridized carbons (Fsp3) is 0.182. The van der Waals surface area contributed by atoms with Crippen LogP contribution in [-0.4, -0.2) is 6.85 Å². The summed E-state index contributed by atoms with van der Waals surface area (Å²) >= 11 is 0. The second kappa shape index (κ2) is 15.1. The number of benzene rings is 9. The SMILES string of the molecule is Cc1cc2c(cc1N1c3ccc(-c4ccccc4)cc3B3c4c(cc5c(c41)-c1ccccc1C5(C)C)-c1ccc(-c4ccccc4)cc1N3c1cccc(-c3ccccc3)c1)C(C)(C)CCC2(C)C. The van der Waals surface area contributed by atoms with E-state index in [1.54, 1.807) is 0 Å². The van der Waals surface area contributed by atoms with E-state index in [0.717, 1.165) is 6.42 Å². The first-order valence-corrected chi connectivity index (χ1v) is 25.0. The van der Waals surface area contributed by atoms with Gasteiger partial charge in [0.1, 0.15) is 0 Å². The van der Waals surface area contributed by atoms with Gasteiger partial charge in [-0.2, -0.15) is 0 Å². The molecule has 0 unspecified atom stereocenters. The Morgan fingerprint density at radius 2 is 0.971 bits per heavy atom. The predicted molar refractivity (Wildman–Crippen MR) is 294 cm³/mol. The van der Waals surface area contributed by atoms with Crippen molar-refractivity contribution in [2.75, 3.05) is 9.71 Å². The molecule has 0 spiro atoms. The first-order valence-electron chi connectivity index (χ1n) is 25.0. The van der Waals surface area contributed by atoms with Crippen LogP contribution in [0.5, 0.6) is 0 Å². The molecule has 13 rings (SSSR count). The molecule has 0 radical (unpaired) electrons. The summed E-state index contributed by atoms with van der Waals surface area (Å²) in [6, 6.07) is 73.7. The van der Waals surface area contributed by atoms with Crippen molar-refractivity contribution >= 4 is 46.2 Å². The van der Waals surface area contributed by atoms with Crippen molar-refractivity contribution in [3.8, 4) is 55.6 Å². The van der Waals surface area contributed by atoms with Crippen LogP contribution in [0, 0.1) is 6.92 Å². The maximum absolute atomic E-state index is 2.73. The highest BCUT2D eigenvalue weighted by atomic mass is 15.2. The minimum Gasteiger partial charge on any atom is -0.376 e. The number of hydrogen-bond donors (Lipinski definition) is 0. The van der Waals surface area contributed by atoms with Crippen LogP contribution in [0.15, 0.2) is 194 Å². The van der Waals surface area contributed by atoms with Gasteiger partial charge in [0.2, 0.25) is 0 Å². The van der Waals surface area contributed by atoms with E-state index in [2.05, 4.69) is 252 Å². The van der Waals surface area contributed by atoms with Crippen molar-refractivity contribution in [2.45, 2.75) is 77.6 Å². The van der Waals surface area contributed by atoms with E-state index in [-0.39, 0.29) is 23.1 Å². The highest BCUT2D eigenvalue weighted by Gasteiger charge is 2.50. The van der Waals surface area contributed by atoms with Crippen molar-refractivity contribution in [3.63, 3.8) is 0 Å². The Kier molecular flexibility index (Phi) is 9.13. The van der Waals surface area contributed by atoms with Crippen molar-refractivity contribution in [2.24, 2.45) is 0 Å². The zero-order valence-electron chi connectivity index (χ0n) is 40.9. The van der Waals surface area contributed by atoms with E-state index in [9.17, 15) is 0 Å². The third-order valence-electron chi connectivity index (χ3n) is 16.6. The van der Waals surface area contributed by atoms with Gasteiger partial charge in [0.15, 0.2) is 0 Å². The number of fused-ring (bicyclic) bond motifs is 9. The van der Waals surface area contributed by atoms with Crippen LogP contribution in [0.2, 0.25) is 0 Å². The van der Waals surface area contributed by atoms with E-state index in [1.807, 2.05) is 0 Å². The summed E-state index contributed by atoms with van der Waals surface area (Å²) in [5.74, 6) is 0. The van der Waals surface area contributed by atoms with Crippen LogP contribution in [0.1, 0.15) is 82.2 Å². The molecule has 2 aliphatic heterocycles. The molecule has 0 aromatic heterocycles. The summed E-state index contributed by atoms with van der Waals surface area (Å²) in [6.45, 7) is 16.9. The molecule has 0 atom stereocenters. The molecule has 69 heavy (non-hydrogen) atoms. The third-order valence-corrected chi connectivity index (χ3v) is 16.6. The fourth-order valence-electron chi connectivity index (χ4n) is 12.8. The van der Waals surface area contributed by atoms with Gasteiger partial charge >= 0.3 is 6.85 Å². The van der Waals surface area contributed by atoms with Gasteiger partial charge in [-0.15, -0.1) is 0 Å². The van der Waals surface area contributed by atoms with Crippen molar-refractivity contribution in [3.05, 3.63) is 222 Å². The van der Waals surface area contributed by atoms with Crippen molar-refractivity contribution < 1.29 is 0 Å². The van der Waals surface area contributed by atoms with Gasteiger partial charge in [0, 0.05) is 39.3 Å². The van der Waals surface area contributed by atoms with Gasteiger partial charge in [-0.05, 0) is 150 Å². The Labute approximate surface area is 409 Å². The minimum atomic E-state index is -0.224. The lowest BCUT2D eigenvalue weighted by Crippen LogP contribution is -2.62. The minimum absolute atomic E-state index is 0.0360. The highest BCUT2D eigenvalue weighted by molar-refractivity contribution is 6.94. The Balaban J connectivity index is 1.19. The maximum Gasteiger partial charge on any atom is 0.333 e. The lowest BCUT2D eigenvalue weighted by atomic mass is 9.42. The number of anilines is 5. The molecule has 9 aromatic carbocycles. The van der Waals surface area contributed by atoms with Crippen LogP contribution in [0.3, 0.4) is 0 Å². The standard InChI is InChI=1S/C66H57BN2/c1-42-36-54-55(65(4,5)35-34-64(54,2)3)41-59(42)68-58-33-31-47(44-22-13-9-14-23-44)38-57(58)67-62-52(40-56-61(63(62)68)51-28-17-18-29-53(51)66(56,6)7)50-32-30-48(45-24-15-10-16-25-45)39-60(50)69(67)49-27-19-26-46(37-49)43-20-11-8-12-21-43/h8-33,36-41H,34-35H2,1-7H3. The molecule has 2 aliphatic carbocycles. The normalized spacial score (nSPS) is 16.2. The second-order valence-corrected chi connectivity index (χ2v) is 22.0. The summed E-state index contributed by atoms with van der Waals surface area (Å²) in [4.78, 5) is 5.43. The van der Waals surface area contributed by atoms with Crippen LogP contribution in [0.25, 0.3) is 55.6 Å². The molecule has 0 amide bonds. The summed E-state index contributed by atoms with van der Waals surface area (Å²) in [5, 5.41) is 0. The van der Waals surface area contributed by atoms with E-state index < -0.39 is 0 Å². The number of rotatable bonds is 5. The molecule has 334 valence electrons. The van der Waals surface area contributed by atoms with Crippen molar-refractivity contribution in [1.82, 2.24) is 0 Å². The molecule has 0 N–H and O–H groups in total. The zero-order chi connectivity index (χ0) is 47.0. The molecule has 0 fully saturated rings. The highest BCUT2D eigenvalue weighted by Crippen LogP contribution is 2.59. The van der Waals surface area contributed by atoms with Gasteiger partial charge in [0.25, 0.3) is 0 Å². The molecular weight excluding hydrogens is 832 g/mol. The maximum atomic E-state index is 2.73. The summed E-state index contributed by atoms with van der Waals surface area (Å²) in [6.07, 6.45) is 2.34. The Morgan fingerprint density at radius 1 is 0.406 bits per heavy atom.